The van der Waals surface area contributed by atoms with Crippen molar-refractivity contribution < 1.29 is 44.1 Å². The molecule has 0 aromatic carbocycles. The Morgan fingerprint density at radius 2 is 0.488 bits per heavy atom. The molecule has 0 aliphatic carbocycles. The predicted molar refractivity (Wildman–Crippen MR) is 176 cm³/mol. The largest absolute Gasteiger partial charge is 2.00 e. The van der Waals surface area contributed by atoms with Gasteiger partial charge in [-0.3, -0.25) is 0 Å². The maximum absolute atomic E-state index is 10.2. The summed E-state index contributed by atoms with van der Waals surface area (Å²) in [4.78, 5) is 28.4. The zero-order valence-corrected chi connectivity index (χ0v) is 32.0. The molecule has 0 heterocycles. The predicted octanol–water partition coefficient (Wildman–Crippen LogP) is 9.81. The summed E-state index contributed by atoms with van der Waals surface area (Å²) in [5.41, 5.74) is 0. The summed E-state index contributed by atoms with van der Waals surface area (Å²) < 4.78 is 0. The number of carbonyl (C=O) groups excluding carboxylic acids is 3. The number of carbonyl (C=O) groups is 3. The number of rotatable bonds is 32. The van der Waals surface area contributed by atoms with Crippen molar-refractivity contribution in [1.82, 2.24) is 0 Å². The molecule has 0 aromatic rings. The molecule has 6 heteroatoms. The number of hydrogen-bond donors (Lipinski definition) is 0. The van der Waals surface area contributed by atoms with E-state index in [1.54, 1.807) is 0 Å². The third kappa shape index (κ3) is 57.5. The van der Waals surface area contributed by atoms with Gasteiger partial charge in [-0.1, -0.05) is 194 Å². The van der Waals surface area contributed by atoms with E-state index in [0.29, 0.717) is 0 Å². The van der Waals surface area contributed by atoms with E-state index < -0.39 is 11.9 Å². The second-order valence-corrected chi connectivity index (χ2v) is 12.1. The molecule has 0 saturated heterocycles. The summed E-state index contributed by atoms with van der Waals surface area (Å²) in [5.74, 6) is -1.81. The fourth-order valence-electron chi connectivity index (χ4n) is 5.28. The molecule has 0 bridgehead atoms. The minimum absolute atomic E-state index is 0. The Balaban J connectivity index is -0.000000327. The topological polar surface area (TPSA) is 97.3 Å². The second kappa shape index (κ2) is 48.1. The van der Waals surface area contributed by atoms with E-state index in [4.69, 9.17) is 4.79 Å². The van der Waals surface area contributed by atoms with Crippen LogP contribution in [0.4, 0.5) is 0 Å². The Kier molecular flexibility index (Phi) is 55.0. The van der Waals surface area contributed by atoms with Gasteiger partial charge in [-0.05, 0) is 25.7 Å². The Labute approximate surface area is 281 Å². The van der Waals surface area contributed by atoms with E-state index in [2.05, 4.69) is 13.8 Å². The van der Waals surface area contributed by atoms with E-state index in [-0.39, 0.29) is 32.3 Å². The van der Waals surface area contributed by atoms with Crippen molar-refractivity contribution in [2.75, 3.05) is 0 Å². The van der Waals surface area contributed by atoms with Crippen molar-refractivity contribution >= 4 is 18.7 Å². The smallest absolute Gasteiger partial charge is 0.550 e. The third-order valence-electron chi connectivity index (χ3n) is 7.97. The van der Waals surface area contributed by atoms with Gasteiger partial charge in [-0.25, -0.2) is 0 Å². The minimum Gasteiger partial charge on any atom is -0.550 e. The fourth-order valence-corrected chi connectivity index (χ4v) is 5.28. The minimum atomic E-state index is -0.903. The van der Waals surface area contributed by atoms with Crippen LogP contribution in [0.1, 0.15) is 219 Å². The summed E-state index contributed by atoms with van der Waals surface area (Å²) in [6, 6.07) is 0. The summed E-state index contributed by atoms with van der Waals surface area (Å²) in [7, 11) is 0. The summed E-state index contributed by atoms with van der Waals surface area (Å²) in [6.45, 7) is 6.53. The number of hydrogen-bond acceptors (Lipinski definition) is 5. The van der Waals surface area contributed by atoms with Crippen molar-refractivity contribution in [3.8, 4) is 0 Å². The van der Waals surface area contributed by atoms with Gasteiger partial charge in [0.15, 0.2) is 0 Å². The van der Waals surface area contributed by atoms with Crippen LogP contribution >= 0.6 is 0 Å². The van der Waals surface area contributed by atoms with Crippen LogP contribution in [0.15, 0.2) is 0 Å². The van der Waals surface area contributed by atoms with Gasteiger partial charge in [0.1, 0.15) is 6.79 Å². The van der Waals surface area contributed by atoms with Crippen LogP contribution in [0.25, 0.3) is 0 Å². The quantitative estimate of drug-likeness (QED) is 0.0528. The van der Waals surface area contributed by atoms with Crippen molar-refractivity contribution in [3.05, 3.63) is 0 Å². The standard InChI is InChI=1S/2C18H36O2.CH2O.Zn/c2*1-2-3-4-5-6-7-8-9-10-11-12-13-14-15-16-17-18(19)20;1-2;/h2*2-17H2,1H3,(H,19,20);1H2;/q;;;+2/p-2. The van der Waals surface area contributed by atoms with E-state index in [1.165, 1.54) is 167 Å². The molecule has 252 valence electrons. The molecule has 0 atom stereocenters. The third-order valence-corrected chi connectivity index (χ3v) is 7.97. The van der Waals surface area contributed by atoms with Gasteiger partial charge in [0.2, 0.25) is 0 Å². The van der Waals surface area contributed by atoms with Gasteiger partial charge in [0, 0.05) is 11.9 Å². The number of aliphatic carboxylic acids is 2. The maximum Gasteiger partial charge on any atom is 2.00 e. The molecule has 0 aliphatic heterocycles. The average molecular weight is 662 g/mol. The van der Waals surface area contributed by atoms with E-state index in [9.17, 15) is 19.8 Å². The maximum atomic E-state index is 10.2. The number of unbranched alkanes of at least 4 members (excludes halogenated alkanes) is 28. The molecule has 0 saturated carbocycles. The molecule has 0 rings (SSSR count). The molecule has 0 amide bonds. The molecule has 0 N–H and O–H groups in total. The van der Waals surface area contributed by atoms with Gasteiger partial charge in [-0.2, -0.15) is 0 Å². The van der Waals surface area contributed by atoms with Crippen molar-refractivity contribution in [2.45, 2.75) is 219 Å². The Morgan fingerprint density at radius 3 is 0.628 bits per heavy atom. The van der Waals surface area contributed by atoms with Gasteiger partial charge in [0.25, 0.3) is 0 Å². The van der Waals surface area contributed by atoms with Gasteiger partial charge in [-0.15, -0.1) is 0 Å². The first-order valence-corrected chi connectivity index (χ1v) is 18.2. The number of carboxylic acid groups (broad SMARTS) is 2. The zero-order chi connectivity index (χ0) is 31.8. The molecule has 0 unspecified atom stereocenters. The van der Waals surface area contributed by atoms with Crippen molar-refractivity contribution in [1.29, 1.82) is 0 Å². The fraction of sp³-hybridized carbons (Fsp3) is 0.919. The van der Waals surface area contributed by atoms with E-state index >= 15 is 0 Å². The number of carboxylic acids is 2. The van der Waals surface area contributed by atoms with Crippen LogP contribution < -0.4 is 10.2 Å². The molecule has 43 heavy (non-hydrogen) atoms. The monoisotopic (exact) mass is 660 g/mol. The molecule has 0 spiro atoms. The Bertz CT molecular complexity index is 471. The molecule has 0 radical (unpaired) electrons. The van der Waals surface area contributed by atoms with Gasteiger partial charge >= 0.3 is 19.5 Å². The average Bonchev–Trinajstić information content (AvgIpc) is 2.98. The second-order valence-electron chi connectivity index (χ2n) is 12.1. The van der Waals surface area contributed by atoms with Crippen LogP contribution in [-0.4, -0.2) is 18.7 Å². The first-order chi connectivity index (χ1) is 20.5. The van der Waals surface area contributed by atoms with Gasteiger partial charge < -0.3 is 24.6 Å². The first-order valence-electron chi connectivity index (χ1n) is 18.2. The molecule has 5 nitrogen and oxygen atoms in total. The van der Waals surface area contributed by atoms with E-state index in [1.807, 2.05) is 6.79 Å². The summed E-state index contributed by atoms with van der Waals surface area (Å²) in [6.07, 6.45) is 39.7. The molecule has 0 fully saturated rings. The zero-order valence-electron chi connectivity index (χ0n) is 29.1. The van der Waals surface area contributed by atoms with Crippen LogP contribution in [0.3, 0.4) is 0 Å². The van der Waals surface area contributed by atoms with E-state index in [0.717, 1.165) is 25.7 Å². The molecular formula is C37H72O5Zn. The Morgan fingerprint density at radius 1 is 0.349 bits per heavy atom. The van der Waals surface area contributed by atoms with Crippen LogP contribution in [0, 0.1) is 0 Å². The summed E-state index contributed by atoms with van der Waals surface area (Å²) >= 11 is 0. The SMILES string of the molecule is C=O.CCCCCCCCCCCCCCCCCC(=O)[O-].CCCCCCCCCCCCCCCCCC(=O)[O-].[Zn+2]. The normalized spacial score (nSPS) is 10.2. The van der Waals surface area contributed by atoms with Crippen LogP contribution in [0.2, 0.25) is 0 Å². The van der Waals surface area contributed by atoms with Crippen LogP contribution in [-0.2, 0) is 33.9 Å². The Hall–Kier alpha value is -0.767. The van der Waals surface area contributed by atoms with Crippen molar-refractivity contribution in [2.24, 2.45) is 0 Å². The van der Waals surface area contributed by atoms with Crippen LogP contribution in [0.5, 0.6) is 0 Å². The summed E-state index contributed by atoms with van der Waals surface area (Å²) in [5, 5.41) is 20.4. The first kappa shape index (κ1) is 49.1. The molecular weight excluding hydrogens is 590 g/mol. The molecule has 0 aromatic heterocycles. The van der Waals surface area contributed by atoms with Gasteiger partial charge in [0.05, 0.1) is 0 Å². The van der Waals surface area contributed by atoms with Crippen molar-refractivity contribution in [3.63, 3.8) is 0 Å². The molecule has 0 aliphatic rings.